The normalized spacial score (nSPS) is 29.9. The van der Waals surface area contributed by atoms with Gasteiger partial charge in [-0.3, -0.25) is 4.39 Å². The van der Waals surface area contributed by atoms with Crippen LogP contribution in [0, 0.1) is 5.92 Å². The zero-order chi connectivity index (χ0) is 10.7. The van der Waals surface area contributed by atoms with Crippen LogP contribution in [-0.2, 0) is 5.41 Å². The monoisotopic (exact) mass is 207 g/mol. The zero-order valence-corrected chi connectivity index (χ0v) is 8.95. The van der Waals surface area contributed by atoms with Crippen LogP contribution in [0.5, 0.6) is 0 Å². The molecule has 0 spiro atoms. The van der Waals surface area contributed by atoms with E-state index in [9.17, 15) is 4.39 Å². The van der Waals surface area contributed by atoms with Crippen molar-refractivity contribution in [1.82, 2.24) is 0 Å². The highest BCUT2D eigenvalue weighted by Crippen LogP contribution is 2.49. The van der Waals surface area contributed by atoms with Gasteiger partial charge < -0.3 is 5.73 Å². The molecule has 2 N–H and O–H groups in total. The van der Waals surface area contributed by atoms with E-state index in [2.05, 4.69) is 12.1 Å². The van der Waals surface area contributed by atoms with E-state index < -0.39 is 0 Å². The molecule has 1 aliphatic rings. The maximum Gasteiger partial charge on any atom is 0.0903 e. The van der Waals surface area contributed by atoms with Gasteiger partial charge in [-0.05, 0) is 42.7 Å². The van der Waals surface area contributed by atoms with Gasteiger partial charge in [-0.2, -0.15) is 0 Å². The number of nitrogens with two attached hydrogens (primary N) is 1. The maximum atomic E-state index is 12.6. The Labute approximate surface area is 90.5 Å². The molecule has 1 saturated carbocycles. The molecule has 0 heterocycles. The van der Waals surface area contributed by atoms with Crippen LogP contribution in [0.4, 0.5) is 4.39 Å². The van der Waals surface area contributed by atoms with Crippen molar-refractivity contribution in [3.63, 3.8) is 0 Å². The van der Waals surface area contributed by atoms with E-state index in [0.717, 1.165) is 19.4 Å². The average Bonchev–Trinajstić information content (AvgIpc) is 2.24. The van der Waals surface area contributed by atoms with Gasteiger partial charge in [-0.25, -0.2) is 0 Å². The molecule has 0 atom stereocenters. The third-order valence-corrected chi connectivity index (χ3v) is 3.65. The zero-order valence-electron chi connectivity index (χ0n) is 8.95. The summed E-state index contributed by atoms with van der Waals surface area (Å²) in [4.78, 5) is 0. The predicted octanol–water partition coefficient (Wildman–Crippen LogP) is 2.65. The average molecular weight is 207 g/mol. The molecular weight excluding hydrogens is 189 g/mol. The molecule has 1 fully saturated rings. The molecule has 0 bridgehead atoms. The van der Waals surface area contributed by atoms with Crippen LogP contribution >= 0.6 is 0 Å². The van der Waals surface area contributed by atoms with Crippen molar-refractivity contribution in [3.8, 4) is 0 Å². The van der Waals surface area contributed by atoms with Gasteiger partial charge >= 0.3 is 0 Å². The summed E-state index contributed by atoms with van der Waals surface area (Å²) < 4.78 is 12.6. The molecule has 15 heavy (non-hydrogen) atoms. The summed E-state index contributed by atoms with van der Waals surface area (Å²) in [5.41, 5.74) is 7.00. The number of halogens is 1. The van der Waals surface area contributed by atoms with Crippen LogP contribution in [0.3, 0.4) is 0 Å². The van der Waals surface area contributed by atoms with E-state index >= 15 is 0 Å². The van der Waals surface area contributed by atoms with Crippen molar-refractivity contribution in [2.75, 3.05) is 13.2 Å². The predicted molar refractivity (Wildman–Crippen MR) is 60.5 cm³/mol. The Bertz CT molecular complexity index is 304. The molecule has 1 nitrogen and oxygen atoms in total. The molecule has 1 aliphatic carbocycles. The first-order valence-corrected chi connectivity index (χ1v) is 5.62. The molecule has 2 heteroatoms. The highest BCUT2D eigenvalue weighted by Gasteiger charge is 2.44. The third kappa shape index (κ3) is 1.91. The summed E-state index contributed by atoms with van der Waals surface area (Å²) in [6.45, 7) is 0.507. The lowest BCUT2D eigenvalue weighted by atomic mass is 9.57. The third-order valence-electron chi connectivity index (χ3n) is 3.65. The first-order chi connectivity index (χ1) is 7.30. The summed E-state index contributed by atoms with van der Waals surface area (Å²) in [5.74, 6) is 0.594. The van der Waals surface area contributed by atoms with Gasteiger partial charge in [0, 0.05) is 0 Å². The van der Waals surface area contributed by atoms with Crippen LogP contribution in [0.1, 0.15) is 24.8 Å². The van der Waals surface area contributed by atoms with Gasteiger partial charge in [0.25, 0.3) is 0 Å². The van der Waals surface area contributed by atoms with Gasteiger partial charge in [0.05, 0.1) is 6.67 Å². The Morgan fingerprint density at radius 2 is 1.93 bits per heavy atom. The molecule has 0 saturated heterocycles. The van der Waals surface area contributed by atoms with Crippen LogP contribution in [-0.4, -0.2) is 13.2 Å². The number of hydrogen-bond donors (Lipinski definition) is 1. The number of alkyl halides is 1. The fourth-order valence-electron chi connectivity index (χ4n) is 2.77. The SMILES string of the molecule is NCC1CC(CCF)(c2ccccc2)C1. The molecule has 0 unspecified atom stereocenters. The lowest BCUT2D eigenvalue weighted by Crippen LogP contribution is -2.44. The Hall–Kier alpha value is -0.890. The van der Waals surface area contributed by atoms with Crippen LogP contribution in [0.25, 0.3) is 0 Å². The van der Waals surface area contributed by atoms with Gasteiger partial charge in [-0.1, -0.05) is 30.3 Å². The molecule has 2 rings (SSSR count). The summed E-state index contributed by atoms with van der Waals surface area (Å²) in [5, 5.41) is 0. The largest absolute Gasteiger partial charge is 0.330 e. The lowest BCUT2D eigenvalue weighted by Gasteiger charge is -2.48. The van der Waals surface area contributed by atoms with Crippen LogP contribution in [0.15, 0.2) is 30.3 Å². The standard InChI is InChI=1S/C13H18FN/c14-7-6-13(8-11(9-13)10-15)12-4-2-1-3-5-12/h1-5,11H,6-10,15H2. The second kappa shape index (κ2) is 4.31. The minimum Gasteiger partial charge on any atom is -0.330 e. The van der Waals surface area contributed by atoms with Crippen molar-refractivity contribution < 1.29 is 4.39 Å². The van der Waals surface area contributed by atoms with Crippen LogP contribution in [0.2, 0.25) is 0 Å². The minimum atomic E-state index is -0.230. The van der Waals surface area contributed by atoms with Crippen LogP contribution < -0.4 is 5.73 Å². The molecule has 82 valence electrons. The first kappa shape index (κ1) is 10.6. The second-order valence-electron chi connectivity index (χ2n) is 4.60. The summed E-state index contributed by atoms with van der Waals surface area (Å²) in [6.07, 6.45) is 2.75. The summed E-state index contributed by atoms with van der Waals surface area (Å²) in [6, 6.07) is 10.3. The summed E-state index contributed by atoms with van der Waals surface area (Å²) >= 11 is 0. The number of hydrogen-bond acceptors (Lipinski definition) is 1. The fraction of sp³-hybridized carbons (Fsp3) is 0.538. The summed E-state index contributed by atoms with van der Waals surface area (Å²) in [7, 11) is 0. The van der Waals surface area contributed by atoms with Crippen molar-refractivity contribution in [2.24, 2.45) is 11.7 Å². The van der Waals surface area contributed by atoms with E-state index in [1.54, 1.807) is 0 Å². The molecular formula is C13H18FN. The number of rotatable bonds is 4. The quantitative estimate of drug-likeness (QED) is 0.807. The fourth-order valence-corrected chi connectivity index (χ4v) is 2.77. The van der Waals surface area contributed by atoms with Gasteiger partial charge in [0.1, 0.15) is 0 Å². The second-order valence-corrected chi connectivity index (χ2v) is 4.60. The van der Waals surface area contributed by atoms with Gasteiger partial charge in [0.2, 0.25) is 0 Å². The van der Waals surface area contributed by atoms with E-state index in [1.807, 2.05) is 18.2 Å². The van der Waals surface area contributed by atoms with Crippen molar-refractivity contribution in [3.05, 3.63) is 35.9 Å². The minimum absolute atomic E-state index is 0.0834. The Morgan fingerprint density at radius 1 is 1.27 bits per heavy atom. The van der Waals surface area contributed by atoms with E-state index in [0.29, 0.717) is 12.3 Å². The molecule has 0 aliphatic heterocycles. The Morgan fingerprint density at radius 3 is 2.47 bits per heavy atom. The van der Waals surface area contributed by atoms with E-state index in [1.165, 1.54) is 5.56 Å². The molecule has 0 aromatic heterocycles. The molecule has 0 amide bonds. The number of benzene rings is 1. The smallest absolute Gasteiger partial charge is 0.0903 e. The van der Waals surface area contributed by atoms with Gasteiger partial charge in [0.15, 0.2) is 0 Å². The van der Waals surface area contributed by atoms with Gasteiger partial charge in [-0.15, -0.1) is 0 Å². The van der Waals surface area contributed by atoms with E-state index in [4.69, 9.17) is 5.73 Å². The maximum absolute atomic E-state index is 12.6. The van der Waals surface area contributed by atoms with Crippen molar-refractivity contribution in [1.29, 1.82) is 0 Å². The van der Waals surface area contributed by atoms with Crippen molar-refractivity contribution >= 4 is 0 Å². The van der Waals surface area contributed by atoms with E-state index in [-0.39, 0.29) is 12.1 Å². The lowest BCUT2D eigenvalue weighted by molar-refractivity contribution is 0.125. The molecule has 0 radical (unpaired) electrons. The first-order valence-electron chi connectivity index (χ1n) is 5.62. The highest BCUT2D eigenvalue weighted by molar-refractivity contribution is 5.28. The van der Waals surface area contributed by atoms with Crippen molar-refractivity contribution in [2.45, 2.75) is 24.7 Å². The molecule has 1 aromatic rings. The Balaban J connectivity index is 2.15. The molecule has 1 aromatic carbocycles. The topological polar surface area (TPSA) is 26.0 Å². The highest BCUT2D eigenvalue weighted by atomic mass is 19.1. The Kier molecular flexibility index (Phi) is 3.06.